The van der Waals surface area contributed by atoms with Gasteiger partial charge in [0.1, 0.15) is 0 Å². The summed E-state index contributed by atoms with van der Waals surface area (Å²) in [5.74, 6) is -0.260. The van der Waals surface area contributed by atoms with Crippen LogP contribution in [0.15, 0.2) is 0 Å². The SMILES string of the molecule is COC(=O)C[C@H]1C[C@@H](C(=O)OC)C1(C)C. The maximum absolute atomic E-state index is 11.4. The molecule has 1 rings (SSSR count). The fraction of sp³-hybridized carbons (Fsp3) is 0.818. The molecule has 0 bridgehead atoms. The summed E-state index contributed by atoms with van der Waals surface area (Å²) in [5.41, 5.74) is -0.165. The molecule has 0 saturated heterocycles. The maximum Gasteiger partial charge on any atom is 0.309 e. The highest BCUT2D eigenvalue weighted by Crippen LogP contribution is 2.53. The molecule has 1 aliphatic rings. The van der Waals surface area contributed by atoms with E-state index in [1.54, 1.807) is 0 Å². The minimum Gasteiger partial charge on any atom is -0.469 e. The first kappa shape index (κ1) is 12.0. The average molecular weight is 214 g/mol. The van der Waals surface area contributed by atoms with Gasteiger partial charge in [-0.15, -0.1) is 0 Å². The zero-order chi connectivity index (χ0) is 11.6. The van der Waals surface area contributed by atoms with Crippen molar-refractivity contribution in [1.82, 2.24) is 0 Å². The third-order valence-corrected chi connectivity index (χ3v) is 3.60. The Bertz CT molecular complexity index is 270. The smallest absolute Gasteiger partial charge is 0.309 e. The summed E-state index contributed by atoms with van der Waals surface area (Å²) in [4.78, 5) is 22.5. The average Bonchev–Trinajstić information content (AvgIpc) is 2.22. The Morgan fingerprint density at radius 1 is 1.27 bits per heavy atom. The van der Waals surface area contributed by atoms with Crippen molar-refractivity contribution in [1.29, 1.82) is 0 Å². The Kier molecular flexibility index (Phi) is 3.37. The van der Waals surface area contributed by atoms with Gasteiger partial charge in [-0.05, 0) is 17.8 Å². The summed E-state index contributed by atoms with van der Waals surface area (Å²) in [5, 5.41) is 0. The molecule has 0 radical (unpaired) electrons. The second kappa shape index (κ2) is 4.21. The molecule has 1 saturated carbocycles. The molecule has 0 unspecified atom stereocenters. The number of esters is 2. The van der Waals surface area contributed by atoms with Crippen LogP contribution in [0.5, 0.6) is 0 Å². The Balaban J connectivity index is 2.55. The second-order valence-electron chi connectivity index (χ2n) is 4.61. The number of carbonyl (C=O) groups is 2. The Morgan fingerprint density at radius 3 is 2.27 bits per heavy atom. The molecule has 0 aromatic rings. The molecule has 0 heterocycles. The van der Waals surface area contributed by atoms with Gasteiger partial charge in [0, 0.05) is 6.42 Å². The molecule has 0 spiro atoms. The quantitative estimate of drug-likeness (QED) is 0.666. The van der Waals surface area contributed by atoms with Crippen LogP contribution in [-0.2, 0) is 19.1 Å². The second-order valence-corrected chi connectivity index (χ2v) is 4.61. The molecule has 2 atom stereocenters. The fourth-order valence-electron chi connectivity index (χ4n) is 2.19. The van der Waals surface area contributed by atoms with E-state index in [0.29, 0.717) is 6.42 Å². The van der Waals surface area contributed by atoms with E-state index in [4.69, 9.17) is 4.74 Å². The highest BCUT2D eigenvalue weighted by Gasteiger charge is 2.52. The van der Waals surface area contributed by atoms with E-state index in [1.165, 1.54) is 14.2 Å². The van der Waals surface area contributed by atoms with Gasteiger partial charge >= 0.3 is 11.9 Å². The predicted octanol–water partition coefficient (Wildman–Crippen LogP) is 1.38. The van der Waals surface area contributed by atoms with Gasteiger partial charge in [-0.1, -0.05) is 13.8 Å². The first-order valence-electron chi connectivity index (χ1n) is 5.08. The van der Waals surface area contributed by atoms with Crippen molar-refractivity contribution in [2.75, 3.05) is 14.2 Å². The highest BCUT2D eigenvalue weighted by atomic mass is 16.5. The van der Waals surface area contributed by atoms with Crippen molar-refractivity contribution in [2.24, 2.45) is 17.3 Å². The van der Waals surface area contributed by atoms with Crippen LogP contribution in [0, 0.1) is 17.3 Å². The van der Waals surface area contributed by atoms with Gasteiger partial charge in [-0.2, -0.15) is 0 Å². The van der Waals surface area contributed by atoms with Crippen LogP contribution in [0.4, 0.5) is 0 Å². The maximum atomic E-state index is 11.4. The van der Waals surface area contributed by atoms with E-state index in [-0.39, 0.29) is 29.2 Å². The van der Waals surface area contributed by atoms with Crippen molar-refractivity contribution in [3.63, 3.8) is 0 Å². The van der Waals surface area contributed by atoms with E-state index in [2.05, 4.69) is 4.74 Å². The van der Waals surface area contributed by atoms with E-state index in [9.17, 15) is 9.59 Å². The molecule has 4 nitrogen and oxygen atoms in total. The van der Waals surface area contributed by atoms with Crippen LogP contribution >= 0.6 is 0 Å². The Hall–Kier alpha value is -1.06. The molecule has 0 amide bonds. The van der Waals surface area contributed by atoms with Gasteiger partial charge < -0.3 is 9.47 Å². The van der Waals surface area contributed by atoms with Crippen molar-refractivity contribution in [3.05, 3.63) is 0 Å². The van der Waals surface area contributed by atoms with Crippen LogP contribution in [-0.4, -0.2) is 26.2 Å². The molecular formula is C11H18O4. The minimum atomic E-state index is -0.212. The van der Waals surface area contributed by atoms with E-state index < -0.39 is 0 Å². The van der Waals surface area contributed by atoms with Crippen LogP contribution in [0.1, 0.15) is 26.7 Å². The molecule has 0 N–H and O–H groups in total. The molecule has 15 heavy (non-hydrogen) atoms. The molecule has 1 aliphatic carbocycles. The van der Waals surface area contributed by atoms with Crippen molar-refractivity contribution in [3.8, 4) is 0 Å². The zero-order valence-corrected chi connectivity index (χ0v) is 9.70. The highest BCUT2D eigenvalue weighted by molar-refractivity contribution is 5.76. The first-order valence-corrected chi connectivity index (χ1v) is 5.08. The topological polar surface area (TPSA) is 52.6 Å². The van der Waals surface area contributed by atoms with Crippen LogP contribution < -0.4 is 0 Å². The molecule has 0 aromatic carbocycles. The summed E-state index contributed by atoms with van der Waals surface area (Å²) in [6, 6.07) is 0. The largest absolute Gasteiger partial charge is 0.469 e. The van der Waals surface area contributed by atoms with Crippen molar-refractivity contribution >= 4 is 11.9 Å². The number of hydrogen-bond acceptors (Lipinski definition) is 4. The molecular weight excluding hydrogens is 196 g/mol. The lowest BCUT2D eigenvalue weighted by Gasteiger charge is -2.50. The zero-order valence-electron chi connectivity index (χ0n) is 9.70. The van der Waals surface area contributed by atoms with Gasteiger partial charge in [0.2, 0.25) is 0 Å². The van der Waals surface area contributed by atoms with E-state index in [0.717, 1.165) is 6.42 Å². The van der Waals surface area contributed by atoms with Crippen LogP contribution in [0.25, 0.3) is 0 Å². The molecule has 4 heteroatoms. The molecule has 1 fully saturated rings. The molecule has 86 valence electrons. The van der Waals surface area contributed by atoms with Gasteiger partial charge in [0.25, 0.3) is 0 Å². The van der Waals surface area contributed by atoms with E-state index in [1.807, 2.05) is 13.8 Å². The third-order valence-electron chi connectivity index (χ3n) is 3.60. The summed E-state index contributed by atoms with van der Waals surface area (Å²) in [7, 11) is 2.78. The van der Waals surface area contributed by atoms with Gasteiger partial charge in [0.05, 0.1) is 20.1 Å². The lowest BCUT2D eigenvalue weighted by Crippen LogP contribution is -2.49. The molecule has 0 aliphatic heterocycles. The molecule has 0 aromatic heterocycles. The lowest BCUT2D eigenvalue weighted by molar-refractivity contribution is -0.167. The summed E-state index contributed by atoms with van der Waals surface area (Å²) >= 11 is 0. The van der Waals surface area contributed by atoms with Crippen molar-refractivity contribution in [2.45, 2.75) is 26.7 Å². The summed E-state index contributed by atoms with van der Waals surface area (Å²) < 4.78 is 9.33. The van der Waals surface area contributed by atoms with Crippen LogP contribution in [0.3, 0.4) is 0 Å². The minimum absolute atomic E-state index is 0.0860. The van der Waals surface area contributed by atoms with E-state index >= 15 is 0 Å². The van der Waals surface area contributed by atoms with Crippen molar-refractivity contribution < 1.29 is 19.1 Å². The van der Waals surface area contributed by atoms with Gasteiger partial charge in [0.15, 0.2) is 0 Å². The Morgan fingerprint density at radius 2 is 1.87 bits per heavy atom. The summed E-state index contributed by atoms with van der Waals surface area (Å²) in [6.07, 6.45) is 1.10. The van der Waals surface area contributed by atoms with Crippen LogP contribution in [0.2, 0.25) is 0 Å². The number of ether oxygens (including phenoxy) is 2. The standard InChI is InChI=1S/C11H18O4/c1-11(2)7(6-9(12)14-3)5-8(11)10(13)15-4/h7-8H,5-6H2,1-4H3/t7-,8+/m1/s1. The first-order chi connectivity index (χ1) is 6.93. The number of rotatable bonds is 3. The fourth-order valence-corrected chi connectivity index (χ4v) is 2.19. The predicted molar refractivity (Wildman–Crippen MR) is 54.0 cm³/mol. The lowest BCUT2D eigenvalue weighted by atomic mass is 9.54. The number of hydrogen-bond donors (Lipinski definition) is 0. The third kappa shape index (κ3) is 2.13. The normalized spacial score (nSPS) is 27.7. The van der Waals surface area contributed by atoms with Gasteiger partial charge in [-0.3, -0.25) is 9.59 Å². The summed E-state index contributed by atoms with van der Waals surface area (Å²) in [6.45, 7) is 3.98. The number of methoxy groups -OCH3 is 2. The monoisotopic (exact) mass is 214 g/mol. The van der Waals surface area contributed by atoms with Gasteiger partial charge in [-0.25, -0.2) is 0 Å². The number of carbonyl (C=O) groups excluding carboxylic acids is 2. The Labute approximate surface area is 89.9 Å².